The van der Waals surface area contributed by atoms with Crippen molar-refractivity contribution in [1.82, 2.24) is 10.2 Å². The van der Waals surface area contributed by atoms with Gasteiger partial charge in [-0.1, -0.05) is 6.92 Å². The second-order valence-electron chi connectivity index (χ2n) is 5.94. The van der Waals surface area contributed by atoms with Crippen LogP contribution in [0.3, 0.4) is 0 Å². The Hall–Kier alpha value is -0.160. The molecular weight excluding hydrogens is 240 g/mol. The first-order valence-corrected chi connectivity index (χ1v) is 8.01. The number of rotatable bonds is 7. The molecule has 0 aromatic heterocycles. The average Bonchev–Trinajstić information content (AvgIpc) is 2.86. The standard InChI is InChI=1S/C15H30N2O2/c1-2-16-15-7-10-19-12-13(15)11-17-8-3-5-14(17)6-4-9-18/h13-16,18H,2-12H2,1H3. The van der Waals surface area contributed by atoms with Crippen molar-refractivity contribution in [2.75, 3.05) is 39.5 Å². The Morgan fingerprint density at radius 3 is 3.05 bits per heavy atom. The third-order valence-electron chi connectivity index (χ3n) is 4.60. The van der Waals surface area contributed by atoms with Gasteiger partial charge in [0.1, 0.15) is 0 Å². The normalized spacial score (nSPS) is 32.8. The third kappa shape index (κ3) is 4.42. The first kappa shape index (κ1) is 15.2. The summed E-state index contributed by atoms with van der Waals surface area (Å²) in [4.78, 5) is 2.64. The smallest absolute Gasteiger partial charge is 0.0521 e. The molecule has 112 valence electrons. The van der Waals surface area contributed by atoms with Crippen LogP contribution in [0.4, 0.5) is 0 Å². The highest BCUT2D eigenvalue weighted by atomic mass is 16.5. The lowest BCUT2D eigenvalue weighted by Crippen LogP contribution is -2.48. The lowest BCUT2D eigenvalue weighted by Gasteiger charge is -2.36. The average molecular weight is 270 g/mol. The van der Waals surface area contributed by atoms with Crippen molar-refractivity contribution in [3.63, 3.8) is 0 Å². The predicted octanol–water partition coefficient (Wildman–Crippen LogP) is 1.24. The van der Waals surface area contributed by atoms with E-state index >= 15 is 0 Å². The summed E-state index contributed by atoms with van der Waals surface area (Å²) in [6, 6.07) is 1.31. The monoisotopic (exact) mass is 270 g/mol. The molecule has 2 rings (SSSR count). The highest BCUT2D eigenvalue weighted by Gasteiger charge is 2.31. The van der Waals surface area contributed by atoms with Gasteiger partial charge < -0.3 is 15.2 Å². The molecule has 2 saturated heterocycles. The topological polar surface area (TPSA) is 44.7 Å². The largest absolute Gasteiger partial charge is 0.396 e. The van der Waals surface area contributed by atoms with Gasteiger partial charge in [0, 0.05) is 37.8 Å². The summed E-state index contributed by atoms with van der Waals surface area (Å²) in [6.07, 6.45) is 5.86. The van der Waals surface area contributed by atoms with Gasteiger partial charge in [-0.15, -0.1) is 0 Å². The van der Waals surface area contributed by atoms with Gasteiger partial charge in [-0.2, -0.15) is 0 Å². The van der Waals surface area contributed by atoms with E-state index in [1.807, 2.05) is 0 Å². The molecule has 0 aliphatic carbocycles. The molecule has 19 heavy (non-hydrogen) atoms. The maximum absolute atomic E-state index is 9.00. The minimum atomic E-state index is 0.330. The van der Waals surface area contributed by atoms with E-state index in [0.717, 1.165) is 45.6 Å². The lowest BCUT2D eigenvalue weighted by molar-refractivity contribution is 0.0144. The van der Waals surface area contributed by atoms with Crippen molar-refractivity contribution in [3.8, 4) is 0 Å². The van der Waals surface area contributed by atoms with Gasteiger partial charge in [-0.3, -0.25) is 4.90 Å². The summed E-state index contributed by atoms with van der Waals surface area (Å²) < 4.78 is 5.68. The Bertz CT molecular complexity index is 248. The number of hydrogen-bond acceptors (Lipinski definition) is 4. The summed E-state index contributed by atoms with van der Waals surface area (Å²) in [5.41, 5.74) is 0. The molecule has 2 heterocycles. The summed E-state index contributed by atoms with van der Waals surface area (Å²) in [6.45, 7) is 7.76. The first-order chi connectivity index (χ1) is 9.35. The first-order valence-electron chi connectivity index (χ1n) is 8.01. The fourth-order valence-electron chi connectivity index (χ4n) is 3.60. The van der Waals surface area contributed by atoms with Crippen LogP contribution in [0.2, 0.25) is 0 Å². The van der Waals surface area contributed by atoms with Crippen molar-refractivity contribution in [2.24, 2.45) is 5.92 Å². The number of likely N-dealkylation sites (tertiary alicyclic amines) is 1. The molecule has 0 radical (unpaired) electrons. The minimum Gasteiger partial charge on any atom is -0.396 e. The SMILES string of the molecule is CCNC1CCOCC1CN1CCCC1CCCO. The van der Waals surface area contributed by atoms with Gasteiger partial charge in [-0.25, -0.2) is 0 Å². The molecule has 4 heteroatoms. The summed E-state index contributed by atoms with van der Waals surface area (Å²) in [7, 11) is 0. The Balaban J connectivity index is 1.83. The van der Waals surface area contributed by atoms with Crippen LogP contribution < -0.4 is 5.32 Å². The molecular formula is C15H30N2O2. The molecule has 4 nitrogen and oxygen atoms in total. The van der Waals surface area contributed by atoms with E-state index in [-0.39, 0.29) is 0 Å². The zero-order valence-corrected chi connectivity index (χ0v) is 12.3. The second-order valence-corrected chi connectivity index (χ2v) is 5.94. The van der Waals surface area contributed by atoms with Gasteiger partial charge in [0.05, 0.1) is 6.61 Å². The van der Waals surface area contributed by atoms with Crippen LogP contribution in [0, 0.1) is 5.92 Å². The van der Waals surface area contributed by atoms with Crippen LogP contribution in [0.25, 0.3) is 0 Å². The molecule has 2 aliphatic rings. The zero-order chi connectivity index (χ0) is 13.5. The fraction of sp³-hybridized carbons (Fsp3) is 1.00. The minimum absolute atomic E-state index is 0.330. The van der Waals surface area contributed by atoms with Gasteiger partial charge in [0.2, 0.25) is 0 Å². The van der Waals surface area contributed by atoms with Gasteiger partial charge in [-0.05, 0) is 45.2 Å². The maximum Gasteiger partial charge on any atom is 0.0521 e. The van der Waals surface area contributed by atoms with E-state index in [1.165, 1.54) is 19.4 Å². The van der Waals surface area contributed by atoms with Crippen molar-refractivity contribution in [1.29, 1.82) is 0 Å². The predicted molar refractivity (Wildman–Crippen MR) is 77.3 cm³/mol. The molecule has 0 saturated carbocycles. The molecule has 2 fully saturated rings. The Kier molecular flexibility index (Phi) is 6.57. The zero-order valence-electron chi connectivity index (χ0n) is 12.3. The van der Waals surface area contributed by atoms with E-state index in [0.29, 0.717) is 24.6 Å². The lowest BCUT2D eigenvalue weighted by atomic mass is 9.94. The van der Waals surface area contributed by atoms with Crippen molar-refractivity contribution in [2.45, 2.75) is 51.1 Å². The van der Waals surface area contributed by atoms with E-state index in [1.54, 1.807) is 0 Å². The van der Waals surface area contributed by atoms with Crippen LogP contribution in [0.15, 0.2) is 0 Å². The molecule has 2 N–H and O–H groups in total. The number of aliphatic hydroxyl groups is 1. The molecule has 0 spiro atoms. The number of nitrogens with one attached hydrogen (secondary N) is 1. The highest BCUT2D eigenvalue weighted by Crippen LogP contribution is 2.25. The molecule has 0 aromatic carbocycles. The summed E-state index contributed by atoms with van der Waals surface area (Å²) in [5.74, 6) is 0.628. The van der Waals surface area contributed by atoms with Crippen LogP contribution in [0.1, 0.15) is 39.0 Å². The Labute approximate surface area is 117 Å². The molecule has 2 aliphatic heterocycles. The number of ether oxygens (including phenoxy) is 1. The Morgan fingerprint density at radius 2 is 2.26 bits per heavy atom. The van der Waals surface area contributed by atoms with Crippen LogP contribution in [-0.4, -0.2) is 61.5 Å². The second kappa shape index (κ2) is 8.20. The quantitative estimate of drug-likeness (QED) is 0.730. The third-order valence-corrected chi connectivity index (χ3v) is 4.60. The molecule has 0 bridgehead atoms. The molecule has 0 aromatic rings. The van der Waals surface area contributed by atoms with Crippen molar-refractivity contribution < 1.29 is 9.84 Å². The van der Waals surface area contributed by atoms with E-state index in [4.69, 9.17) is 9.84 Å². The van der Waals surface area contributed by atoms with Gasteiger partial charge >= 0.3 is 0 Å². The number of hydrogen-bond donors (Lipinski definition) is 2. The van der Waals surface area contributed by atoms with Crippen LogP contribution >= 0.6 is 0 Å². The fourth-order valence-corrected chi connectivity index (χ4v) is 3.60. The molecule has 3 atom stereocenters. The number of nitrogens with zero attached hydrogens (tertiary/aromatic N) is 1. The van der Waals surface area contributed by atoms with Crippen molar-refractivity contribution >= 4 is 0 Å². The maximum atomic E-state index is 9.00. The van der Waals surface area contributed by atoms with E-state index in [2.05, 4.69) is 17.1 Å². The molecule has 0 amide bonds. The van der Waals surface area contributed by atoms with E-state index < -0.39 is 0 Å². The van der Waals surface area contributed by atoms with E-state index in [9.17, 15) is 0 Å². The van der Waals surface area contributed by atoms with Gasteiger partial charge in [0.15, 0.2) is 0 Å². The summed E-state index contributed by atoms with van der Waals surface area (Å²) >= 11 is 0. The van der Waals surface area contributed by atoms with Crippen molar-refractivity contribution in [3.05, 3.63) is 0 Å². The number of aliphatic hydroxyl groups excluding tert-OH is 1. The summed E-state index contributed by atoms with van der Waals surface area (Å²) in [5, 5.41) is 12.6. The van der Waals surface area contributed by atoms with Crippen LogP contribution in [0.5, 0.6) is 0 Å². The highest BCUT2D eigenvalue weighted by molar-refractivity contribution is 4.86. The Morgan fingerprint density at radius 1 is 1.37 bits per heavy atom. The van der Waals surface area contributed by atoms with Gasteiger partial charge in [0.25, 0.3) is 0 Å². The van der Waals surface area contributed by atoms with Crippen LogP contribution in [-0.2, 0) is 4.74 Å². The molecule has 3 unspecified atom stereocenters.